The Morgan fingerprint density at radius 2 is 2.18 bits per heavy atom. The van der Waals surface area contributed by atoms with Crippen molar-refractivity contribution >= 4 is 18.7 Å². The van der Waals surface area contributed by atoms with Gasteiger partial charge in [-0.3, -0.25) is 0 Å². The first-order valence-electron chi connectivity index (χ1n) is 3.38. The summed E-state index contributed by atoms with van der Waals surface area (Å²) in [6, 6.07) is 5.36. The van der Waals surface area contributed by atoms with E-state index < -0.39 is 0 Å². The van der Waals surface area contributed by atoms with Gasteiger partial charge in [0.2, 0.25) is 0 Å². The Hall–Kier alpha value is -0.890. The third-order valence-corrected chi connectivity index (χ3v) is 1.74. The van der Waals surface area contributed by atoms with Gasteiger partial charge in [0.25, 0.3) is 0 Å². The fourth-order valence-corrected chi connectivity index (χ4v) is 0.976. The van der Waals surface area contributed by atoms with Crippen LogP contribution < -0.4 is 0 Å². The molecule has 0 aliphatic heterocycles. The largest absolute Gasteiger partial charge is 0.507 e. The number of thiol groups is 1. The van der Waals surface area contributed by atoms with Crippen LogP contribution in [-0.4, -0.2) is 5.11 Å². The molecule has 1 N–H and O–H groups in total. The summed E-state index contributed by atoms with van der Waals surface area (Å²) < 4.78 is 0. The fourth-order valence-electron chi connectivity index (χ4n) is 0.837. The van der Waals surface area contributed by atoms with Gasteiger partial charge in [-0.2, -0.15) is 0 Å². The molecular weight excluding hydrogens is 156 g/mol. The van der Waals surface area contributed by atoms with E-state index in [1.54, 1.807) is 12.1 Å². The molecule has 1 nitrogen and oxygen atoms in total. The van der Waals surface area contributed by atoms with E-state index in [0.29, 0.717) is 4.90 Å². The number of hydrogen-bond donors (Lipinski definition) is 2. The van der Waals surface area contributed by atoms with Gasteiger partial charge in [0, 0.05) is 4.90 Å². The molecule has 0 heterocycles. The van der Waals surface area contributed by atoms with Gasteiger partial charge < -0.3 is 5.11 Å². The molecule has 0 bridgehead atoms. The molecule has 0 fully saturated rings. The molecule has 0 aliphatic rings. The highest BCUT2D eigenvalue weighted by Crippen LogP contribution is 2.22. The van der Waals surface area contributed by atoms with Crippen molar-refractivity contribution in [1.29, 1.82) is 0 Å². The van der Waals surface area contributed by atoms with Crippen LogP contribution >= 0.6 is 12.6 Å². The van der Waals surface area contributed by atoms with E-state index in [9.17, 15) is 5.11 Å². The highest BCUT2D eigenvalue weighted by molar-refractivity contribution is 7.80. The lowest BCUT2D eigenvalue weighted by atomic mass is 10.2. The summed E-state index contributed by atoms with van der Waals surface area (Å²) in [4.78, 5) is 0.609. The van der Waals surface area contributed by atoms with Gasteiger partial charge in [-0.05, 0) is 24.6 Å². The van der Waals surface area contributed by atoms with Crippen LogP contribution in [0.25, 0.3) is 6.08 Å². The number of aromatic hydroxyl groups is 1. The van der Waals surface area contributed by atoms with Crippen LogP contribution in [0.3, 0.4) is 0 Å². The minimum atomic E-state index is 0.226. The van der Waals surface area contributed by atoms with Crippen LogP contribution in [0.2, 0.25) is 0 Å². The molecule has 0 amide bonds. The molecule has 11 heavy (non-hydrogen) atoms. The number of phenols is 1. The smallest absolute Gasteiger partial charge is 0.129 e. The molecule has 0 aromatic heterocycles. The van der Waals surface area contributed by atoms with Gasteiger partial charge in [0.1, 0.15) is 5.75 Å². The maximum Gasteiger partial charge on any atom is 0.129 e. The molecule has 0 saturated heterocycles. The SMILES string of the molecule is CC=Cc1ccc(S)c(O)c1. The van der Waals surface area contributed by atoms with E-state index in [1.807, 2.05) is 25.1 Å². The number of allylic oxidation sites excluding steroid dienone is 1. The predicted molar refractivity (Wildman–Crippen MR) is 50.1 cm³/mol. The van der Waals surface area contributed by atoms with Gasteiger partial charge in [-0.25, -0.2) is 0 Å². The van der Waals surface area contributed by atoms with Crippen LogP contribution in [-0.2, 0) is 0 Å². The van der Waals surface area contributed by atoms with E-state index in [2.05, 4.69) is 12.6 Å². The summed E-state index contributed by atoms with van der Waals surface area (Å²) >= 11 is 4.04. The number of benzene rings is 1. The van der Waals surface area contributed by atoms with Crippen LogP contribution in [0.1, 0.15) is 12.5 Å². The summed E-state index contributed by atoms with van der Waals surface area (Å²) in [7, 11) is 0. The highest BCUT2D eigenvalue weighted by Gasteiger charge is 1.94. The Bertz CT molecular complexity index is 279. The van der Waals surface area contributed by atoms with E-state index >= 15 is 0 Å². The number of phenolic OH excluding ortho intramolecular Hbond substituents is 1. The molecular formula is C9H10OS. The van der Waals surface area contributed by atoms with Crippen LogP contribution in [0.15, 0.2) is 29.2 Å². The maximum atomic E-state index is 9.22. The Morgan fingerprint density at radius 3 is 2.73 bits per heavy atom. The van der Waals surface area contributed by atoms with Crippen molar-refractivity contribution in [1.82, 2.24) is 0 Å². The van der Waals surface area contributed by atoms with Crippen LogP contribution in [0.4, 0.5) is 0 Å². The van der Waals surface area contributed by atoms with E-state index in [-0.39, 0.29) is 5.75 Å². The summed E-state index contributed by atoms with van der Waals surface area (Å²) in [5.41, 5.74) is 0.989. The van der Waals surface area contributed by atoms with Crippen molar-refractivity contribution in [3.8, 4) is 5.75 Å². The highest BCUT2D eigenvalue weighted by atomic mass is 32.1. The molecule has 0 unspecified atom stereocenters. The topological polar surface area (TPSA) is 20.2 Å². The van der Waals surface area contributed by atoms with Crippen molar-refractivity contribution in [2.75, 3.05) is 0 Å². The third kappa shape index (κ3) is 2.02. The fraction of sp³-hybridized carbons (Fsp3) is 0.111. The minimum absolute atomic E-state index is 0.226. The van der Waals surface area contributed by atoms with Crippen molar-refractivity contribution in [2.45, 2.75) is 11.8 Å². The average Bonchev–Trinajstić information content (AvgIpc) is 1.98. The van der Waals surface area contributed by atoms with Crippen LogP contribution in [0, 0.1) is 0 Å². The second kappa shape index (κ2) is 3.49. The lowest BCUT2D eigenvalue weighted by Gasteiger charge is -1.97. The lowest BCUT2D eigenvalue weighted by molar-refractivity contribution is 0.462. The predicted octanol–water partition coefficient (Wildman–Crippen LogP) is 2.71. The third-order valence-electron chi connectivity index (χ3n) is 1.36. The zero-order valence-electron chi connectivity index (χ0n) is 6.28. The standard InChI is InChI=1S/C9H10OS/c1-2-3-7-4-5-9(11)8(10)6-7/h2-6,10-11H,1H3. The molecule has 0 spiro atoms. The summed E-state index contributed by atoms with van der Waals surface area (Å²) in [6.07, 6.45) is 3.85. The van der Waals surface area contributed by atoms with Crippen molar-refractivity contribution in [3.63, 3.8) is 0 Å². The van der Waals surface area contributed by atoms with Gasteiger partial charge in [-0.1, -0.05) is 18.2 Å². The van der Waals surface area contributed by atoms with Crippen molar-refractivity contribution in [3.05, 3.63) is 29.8 Å². The Morgan fingerprint density at radius 1 is 1.45 bits per heavy atom. The molecule has 0 radical (unpaired) electrons. The zero-order valence-corrected chi connectivity index (χ0v) is 7.18. The second-order valence-corrected chi connectivity index (χ2v) is 2.73. The maximum absolute atomic E-state index is 9.22. The summed E-state index contributed by atoms with van der Waals surface area (Å²) in [5.74, 6) is 0.226. The molecule has 0 aliphatic carbocycles. The summed E-state index contributed by atoms with van der Waals surface area (Å²) in [6.45, 7) is 1.94. The van der Waals surface area contributed by atoms with Gasteiger partial charge in [0.05, 0.1) is 0 Å². The normalized spacial score (nSPS) is 10.7. The molecule has 0 atom stereocenters. The van der Waals surface area contributed by atoms with Gasteiger partial charge >= 0.3 is 0 Å². The first kappa shape index (κ1) is 8.21. The summed E-state index contributed by atoms with van der Waals surface area (Å²) in [5, 5.41) is 9.22. The molecule has 1 aromatic carbocycles. The monoisotopic (exact) mass is 166 g/mol. The number of hydrogen-bond acceptors (Lipinski definition) is 2. The Labute approximate surface area is 71.8 Å². The average molecular weight is 166 g/mol. The van der Waals surface area contributed by atoms with E-state index in [0.717, 1.165) is 5.56 Å². The van der Waals surface area contributed by atoms with Crippen molar-refractivity contribution in [2.24, 2.45) is 0 Å². The second-order valence-electron chi connectivity index (χ2n) is 2.25. The zero-order chi connectivity index (χ0) is 8.27. The molecule has 1 rings (SSSR count). The van der Waals surface area contributed by atoms with Gasteiger partial charge in [-0.15, -0.1) is 12.6 Å². The van der Waals surface area contributed by atoms with Crippen LogP contribution in [0.5, 0.6) is 5.75 Å². The lowest BCUT2D eigenvalue weighted by Crippen LogP contribution is -1.73. The van der Waals surface area contributed by atoms with Crippen molar-refractivity contribution < 1.29 is 5.11 Å². The van der Waals surface area contributed by atoms with Gasteiger partial charge in [0.15, 0.2) is 0 Å². The molecule has 58 valence electrons. The first-order chi connectivity index (χ1) is 5.24. The van der Waals surface area contributed by atoms with E-state index in [4.69, 9.17) is 0 Å². The molecule has 0 saturated carbocycles. The van der Waals surface area contributed by atoms with E-state index in [1.165, 1.54) is 0 Å². The minimum Gasteiger partial charge on any atom is -0.507 e. The number of rotatable bonds is 1. The first-order valence-corrected chi connectivity index (χ1v) is 3.83. The quantitative estimate of drug-likeness (QED) is 0.615. The molecule has 2 heteroatoms. The Kier molecular flexibility index (Phi) is 2.60. The molecule has 1 aromatic rings. The Balaban J connectivity index is 3.05.